The highest BCUT2D eigenvalue weighted by Gasteiger charge is 2.13. The molecule has 4 rings (SSSR count). The largest absolute Gasteiger partial charge is 0.361 e. The molecular formula is C25H25NO. The summed E-state index contributed by atoms with van der Waals surface area (Å²) in [6.07, 6.45) is 1.99. The molecule has 0 spiro atoms. The van der Waals surface area contributed by atoms with E-state index >= 15 is 0 Å². The number of fused-ring (bicyclic) bond motifs is 1. The second-order valence-electron chi connectivity index (χ2n) is 7.35. The molecule has 1 aromatic heterocycles. The lowest BCUT2D eigenvalue weighted by atomic mass is 9.92. The molecule has 3 aromatic carbocycles. The maximum atomic E-state index is 5.37. The van der Waals surface area contributed by atoms with E-state index in [-0.39, 0.29) is 0 Å². The number of benzene rings is 3. The topological polar surface area (TPSA) is 26.0 Å². The van der Waals surface area contributed by atoms with Crippen LogP contribution in [-0.4, -0.2) is 5.16 Å². The predicted octanol–water partition coefficient (Wildman–Crippen LogP) is 6.57. The van der Waals surface area contributed by atoms with Gasteiger partial charge in [0.25, 0.3) is 0 Å². The third-order valence-corrected chi connectivity index (χ3v) is 5.46. The normalized spacial score (nSPS) is 11.3. The van der Waals surface area contributed by atoms with Crippen molar-refractivity contribution >= 4 is 10.8 Å². The molecule has 0 fully saturated rings. The molecule has 0 aliphatic rings. The fraction of sp³-hybridized carbons (Fsp3) is 0.240. The Labute approximate surface area is 160 Å². The van der Waals surface area contributed by atoms with Gasteiger partial charge in [0.05, 0.1) is 5.69 Å². The molecule has 0 saturated carbocycles. The average Bonchev–Trinajstić information content (AvgIpc) is 3.00. The van der Waals surface area contributed by atoms with Gasteiger partial charge in [-0.1, -0.05) is 60.6 Å². The first-order valence-corrected chi connectivity index (χ1v) is 9.60. The van der Waals surface area contributed by atoms with Crippen LogP contribution in [0, 0.1) is 20.8 Å². The van der Waals surface area contributed by atoms with Crippen molar-refractivity contribution in [2.75, 3.05) is 0 Å². The van der Waals surface area contributed by atoms with E-state index in [9.17, 15) is 0 Å². The van der Waals surface area contributed by atoms with E-state index in [4.69, 9.17) is 4.52 Å². The van der Waals surface area contributed by atoms with Gasteiger partial charge in [0, 0.05) is 5.56 Å². The minimum atomic E-state index is 0.874. The molecule has 0 aliphatic carbocycles. The van der Waals surface area contributed by atoms with Crippen LogP contribution in [0.4, 0.5) is 0 Å². The van der Waals surface area contributed by atoms with Gasteiger partial charge in [0.15, 0.2) is 0 Å². The van der Waals surface area contributed by atoms with Gasteiger partial charge in [0.2, 0.25) is 0 Å². The van der Waals surface area contributed by atoms with Crippen molar-refractivity contribution < 1.29 is 4.52 Å². The summed E-state index contributed by atoms with van der Waals surface area (Å²) < 4.78 is 5.37. The Morgan fingerprint density at radius 1 is 0.889 bits per heavy atom. The Hall–Kier alpha value is -2.87. The second kappa shape index (κ2) is 7.03. The molecule has 0 unspecified atom stereocenters. The Balaban J connectivity index is 1.84. The minimum absolute atomic E-state index is 0.874. The van der Waals surface area contributed by atoms with Crippen LogP contribution in [0.5, 0.6) is 0 Å². The zero-order valence-corrected chi connectivity index (χ0v) is 16.5. The number of hydrogen-bond acceptors (Lipinski definition) is 2. The van der Waals surface area contributed by atoms with Crippen LogP contribution in [0.2, 0.25) is 0 Å². The lowest BCUT2D eigenvalue weighted by Crippen LogP contribution is -1.95. The van der Waals surface area contributed by atoms with Crippen LogP contribution >= 0.6 is 0 Å². The van der Waals surface area contributed by atoms with E-state index in [0.29, 0.717) is 0 Å². The van der Waals surface area contributed by atoms with Gasteiger partial charge in [0.1, 0.15) is 5.76 Å². The van der Waals surface area contributed by atoms with Crippen LogP contribution < -0.4 is 0 Å². The molecule has 2 heteroatoms. The SMILES string of the molecule is CCc1cc(Cc2ccccc2C)cc2cc(-c3c(C)noc3C)ccc12. The van der Waals surface area contributed by atoms with Crippen LogP contribution in [0.1, 0.15) is 40.6 Å². The first kappa shape index (κ1) is 17.5. The second-order valence-corrected chi connectivity index (χ2v) is 7.35. The molecule has 27 heavy (non-hydrogen) atoms. The van der Waals surface area contributed by atoms with Crippen LogP contribution in [0.3, 0.4) is 0 Å². The summed E-state index contributed by atoms with van der Waals surface area (Å²) >= 11 is 0. The van der Waals surface area contributed by atoms with E-state index in [1.165, 1.54) is 38.6 Å². The molecule has 0 amide bonds. The first-order valence-electron chi connectivity index (χ1n) is 9.60. The van der Waals surface area contributed by atoms with Gasteiger partial charge in [-0.25, -0.2) is 0 Å². The number of aromatic nitrogens is 1. The lowest BCUT2D eigenvalue weighted by molar-refractivity contribution is 0.393. The highest BCUT2D eigenvalue weighted by Crippen LogP contribution is 2.32. The number of hydrogen-bond donors (Lipinski definition) is 0. The predicted molar refractivity (Wildman–Crippen MR) is 112 cm³/mol. The zero-order chi connectivity index (χ0) is 19.0. The quantitative estimate of drug-likeness (QED) is 0.413. The van der Waals surface area contributed by atoms with E-state index in [1.54, 1.807) is 0 Å². The highest BCUT2D eigenvalue weighted by molar-refractivity contribution is 5.91. The maximum Gasteiger partial charge on any atom is 0.141 e. The first-order chi connectivity index (χ1) is 13.1. The van der Waals surface area contributed by atoms with Crippen molar-refractivity contribution in [2.45, 2.75) is 40.5 Å². The average molecular weight is 355 g/mol. The zero-order valence-electron chi connectivity index (χ0n) is 16.5. The van der Waals surface area contributed by atoms with E-state index in [1.807, 2.05) is 13.8 Å². The van der Waals surface area contributed by atoms with Crippen LogP contribution in [-0.2, 0) is 12.8 Å². The highest BCUT2D eigenvalue weighted by atomic mass is 16.5. The van der Waals surface area contributed by atoms with Crippen molar-refractivity contribution in [3.05, 3.63) is 88.3 Å². The number of aryl methyl sites for hydroxylation is 4. The minimum Gasteiger partial charge on any atom is -0.361 e. The fourth-order valence-corrected chi connectivity index (χ4v) is 3.99. The third kappa shape index (κ3) is 3.28. The summed E-state index contributed by atoms with van der Waals surface area (Å²) in [4.78, 5) is 0. The standard InChI is InChI=1S/C25H25NO/c1-5-20-12-19(13-21-9-7-6-8-16(21)2)14-23-15-22(10-11-24(20)23)25-17(3)26-27-18(25)4/h6-12,14-15H,5,13H2,1-4H3. The molecule has 0 N–H and O–H groups in total. The van der Waals surface area contributed by atoms with E-state index in [0.717, 1.165) is 29.9 Å². The maximum absolute atomic E-state index is 5.37. The molecular weight excluding hydrogens is 330 g/mol. The molecule has 1 heterocycles. The molecule has 136 valence electrons. The number of rotatable bonds is 4. The molecule has 4 aromatic rings. The van der Waals surface area contributed by atoms with Crippen molar-refractivity contribution in [1.82, 2.24) is 5.16 Å². The smallest absolute Gasteiger partial charge is 0.141 e. The van der Waals surface area contributed by atoms with Gasteiger partial charge in [-0.2, -0.15) is 0 Å². The lowest BCUT2D eigenvalue weighted by Gasteiger charge is -2.12. The molecule has 2 nitrogen and oxygen atoms in total. The monoisotopic (exact) mass is 355 g/mol. The summed E-state index contributed by atoms with van der Waals surface area (Å²) in [5, 5.41) is 6.74. The summed E-state index contributed by atoms with van der Waals surface area (Å²) in [6.45, 7) is 8.40. The van der Waals surface area contributed by atoms with Crippen molar-refractivity contribution in [2.24, 2.45) is 0 Å². The van der Waals surface area contributed by atoms with Crippen LogP contribution in [0.15, 0.2) is 59.1 Å². The Morgan fingerprint density at radius 2 is 1.70 bits per heavy atom. The van der Waals surface area contributed by atoms with Crippen LogP contribution in [0.25, 0.3) is 21.9 Å². The van der Waals surface area contributed by atoms with Gasteiger partial charge in [-0.3, -0.25) is 0 Å². The summed E-state index contributed by atoms with van der Waals surface area (Å²) in [6, 6.07) is 20.1. The Bertz CT molecular complexity index is 1100. The molecule has 0 aliphatic heterocycles. The molecule has 0 saturated heterocycles. The van der Waals surface area contributed by atoms with Gasteiger partial charge >= 0.3 is 0 Å². The summed E-state index contributed by atoms with van der Waals surface area (Å²) in [5.41, 5.74) is 8.73. The molecule has 0 radical (unpaired) electrons. The van der Waals surface area contributed by atoms with Gasteiger partial charge < -0.3 is 4.52 Å². The van der Waals surface area contributed by atoms with Crippen molar-refractivity contribution in [3.8, 4) is 11.1 Å². The van der Waals surface area contributed by atoms with E-state index in [2.05, 4.69) is 73.6 Å². The van der Waals surface area contributed by atoms with E-state index < -0.39 is 0 Å². The fourth-order valence-electron chi connectivity index (χ4n) is 3.99. The Morgan fingerprint density at radius 3 is 2.41 bits per heavy atom. The summed E-state index contributed by atoms with van der Waals surface area (Å²) in [7, 11) is 0. The van der Waals surface area contributed by atoms with Crippen molar-refractivity contribution in [3.63, 3.8) is 0 Å². The Kier molecular flexibility index (Phi) is 4.57. The molecule has 0 bridgehead atoms. The van der Waals surface area contributed by atoms with Crippen molar-refractivity contribution in [1.29, 1.82) is 0 Å². The summed E-state index contributed by atoms with van der Waals surface area (Å²) in [5.74, 6) is 0.874. The molecule has 0 atom stereocenters. The number of nitrogens with zero attached hydrogens (tertiary/aromatic N) is 1. The third-order valence-electron chi connectivity index (χ3n) is 5.46. The van der Waals surface area contributed by atoms with Gasteiger partial charge in [-0.05, 0) is 78.3 Å². The van der Waals surface area contributed by atoms with Gasteiger partial charge in [-0.15, -0.1) is 0 Å².